The van der Waals surface area contributed by atoms with E-state index in [1.165, 1.54) is 6.07 Å². The summed E-state index contributed by atoms with van der Waals surface area (Å²) >= 11 is 0. The molecule has 4 aromatic rings. The minimum atomic E-state index is -4.43. The number of nitrogens with zero attached hydrogens (tertiary/aromatic N) is 3. The topological polar surface area (TPSA) is 75.9 Å². The molecule has 1 aliphatic heterocycles. The van der Waals surface area contributed by atoms with Gasteiger partial charge < -0.3 is 15.1 Å². The highest BCUT2D eigenvalue weighted by molar-refractivity contribution is 5.92. The molecule has 0 unspecified atom stereocenters. The second kappa shape index (κ2) is 8.23. The van der Waals surface area contributed by atoms with E-state index in [0.717, 1.165) is 43.5 Å². The minimum Gasteiger partial charge on any atom is -0.464 e. The number of anilines is 2. The van der Waals surface area contributed by atoms with Gasteiger partial charge in [0, 0.05) is 17.0 Å². The lowest BCUT2D eigenvalue weighted by Gasteiger charge is -2.22. The Balaban J connectivity index is 1.57. The quantitative estimate of drug-likeness (QED) is 0.437. The number of para-hydroxylation sites is 1. The van der Waals surface area contributed by atoms with Crippen LogP contribution in [0.2, 0.25) is 0 Å². The maximum atomic E-state index is 13.1. The maximum absolute atomic E-state index is 13.1. The van der Waals surface area contributed by atoms with E-state index < -0.39 is 11.7 Å². The van der Waals surface area contributed by atoms with Crippen LogP contribution in [-0.4, -0.2) is 28.0 Å². The Morgan fingerprint density at radius 3 is 2.59 bits per heavy atom. The molecule has 0 amide bonds. The molecule has 32 heavy (non-hydrogen) atoms. The molecule has 1 aliphatic rings. The fraction of sp³-hybridized carbons (Fsp3) is 0.261. The summed E-state index contributed by atoms with van der Waals surface area (Å²) in [5.74, 6) is 1.38. The van der Waals surface area contributed by atoms with Crippen LogP contribution in [0.5, 0.6) is 0 Å². The van der Waals surface area contributed by atoms with Gasteiger partial charge in [0.05, 0.1) is 11.1 Å². The fourth-order valence-electron chi connectivity index (χ4n) is 3.88. The molecule has 1 fully saturated rings. The predicted octanol–water partition coefficient (Wildman–Crippen LogP) is 5.51. The van der Waals surface area contributed by atoms with Crippen LogP contribution in [0.1, 0.15) is 30.1 Å². The van der Waals surface area contributed by atoms with Crippen molar-refractivity contribution in [2.24, 2.45) is 0 Å². The lowest BCUT2D eigenvalue weighted by Crippen LogP contribution is -2.27. The molecular weight excluding hydrogens is 419 g/mol. The second-order valence-corrected chi connectivity index (χ2v) is 7.71. The van der Waals surface area contributed by atoms with Gasteiger partial charge in [-0.05, 0) is 50.2 Å². The first-order valence-electron chi connectivity index (χ1n) is 10.3. The van der Waals surface area contributed by atoms with Gasteiger partial charge >= 0.3 is 6.18 Å². The predicted molar refractivity (Wildman–Crippen MR) is 115 cm³/mol. The highest BCUT2D eigenvalue weighted by atomic mass is 19.4. The van der Waals surface area contributed by atoms with Gasteiger partial charge in [-0.3, -0.25) is 0 Å². The zero-order valence-corrected chi connectivity index (χ0v) is 17.0. The zero-order valence-electron chi connectivity index (χ0n) is 17.0. The van der Waals surface area contributed by atoms with Gasteiger partial charge in [0.25, 0.3) is 0 Å². The zero-order chi connectivity index (χ0) is 22.1. The second-order valence-electron chi connectivity index (χ2n) is 7.71. The highest BCUT2D eigenvalue weighted by Gasteiger charge is 2.30. The Labute approximate surface area is 181 Å². The van der Waals surface area contributed by atoms with Crippen molar-refractivity contribution in [3.8, 4) is 11.4 Å². The Morgan fingerprint density at radius 1 is 0.969 bits per heavy atom. The number of nitrogens with one attached hydrogen (secondary N) is 2. The third-order valence-electron chi connectivity index (χ3n) is 5.52. The Bertz CT molecular complexity index is 1250. The van der Waals surface area contributed by atoms with E-state index in [1.807, 2.05) is 24.3 Å². The van der Waals surface area contributed by atoms with Crippen LogP contribution in [0, 0.1) is 0 Å². The molecule has 6 nitrogen and oxygen atoms in total. The molecule has 1 saturated heterocycles. The molecule has 2 aromatic heterocycles. The van der Waals surface area contributed by atoms with E-state index in [1.54, 1.807) is 12.3 Å². The number of furan rings is 1. The molecule has 2 aromatic carbocycles. The summed E-state index contributed by atoms with van der Waals surface area (Å²) in [5.41, 5.74) is 0.936. The Morgan fingerprint density at radius 2 is 1.78 bits per heavy atom. The van der Waals surface area contributed by atoms with Crippen molar-refractivity contribution in [3.63, 3.8) is 0 Å². The van der Waals surface area contributed by atoms with Crippen molar-refractivity contribution in [2.45, 2.75) is 24.9 Å². The SMILES string of the molecule is FC(F)(F)c1cccc(Nc2nc(-c3coc4ccccc34)nc(C3CCNCC3)n2)c1. The van der Waals surface area contributed by atoms with Crippen molar-refractivity contribution in [1.82, 2.24) is 20.3 Å². The molecule has 0 saturated carbocycles. The van der Waals surface area contributed by atoms with Crippen LogP contribution in [0.3, 0.4) is 0 Å². The van der Waals surface area contributed by atoms with Crippen LogP contribution in [0.15, 0.2) is 59.2 Å². The molecule has 3 heterocycles. The van der Waals surface area contributed by atoms with Gasteiger partial charge in [0.2, 0.25) is 5.95 Å². The summed E-state index contributed by atoms with van der Waals surface area (Å²) in [4.78, 5) is 13.8. The van der Waals surface area contributed by atoms with E-state index in [2.05, 4.69) is 20.6 Å². The number of fused-ring (bicyclic) bond motifs is 1. The van der Waals surface area contributed by atoms with E-state index in [9.17, 15) is 13.2 Å². The first-order chi connectivity index (χ1) is 15.5. The number of halogens is 3. The average molecular weight is 439 g/mol. The highest BCUT2D eigenvalue weighted by Crippen LogP contribution is 2.33. The molecule has 9 heteroatoms. The molecule has 5 rings (SSSR count). The molecule has 0 spiro atoms. The van der Waals surface area contributed by atoms with E-state index in [-0.39, 0.29) is 17.6 Å². The number of piperidine rings is 1. The van der Waals surface area contributed by atoms with Crippen LogP contribution in [0.4, 0.5) is 24.8 Å². The van der Waals surface area contributed by atoms with Gasteiger partial charge in [-0.2, -0.15) is 23.1 Å². The van der Waals surface area contributed by atoms with E-state index >= 15 is 0 Å². The first kappa shape index (κ1) is 20.4. The van der Waals surface area contributed by atoms with Crippen LogP contribution in [0.25, 0.3) is 22.4 Å². The van der Waals surface area contributed by atoms with Crippen molar-refractivity contribution in [2.75, 3.05) is 18.4 Å². The lowest BCUT2D eigenvalue weighted by molar-refractivity contribution is -0.137. The molecule has 0 bridgehead atoms. The van der Waals surface area contributed by atoms with Crippen LogP contribution < -0.4 is 10.6 Å². The summed E-state index contributed by atoms with van der Waals surface area (Å²) in [6.45, 7) is 1.72. The molecule has 0 aliphatic carbocycles. The van der Waals surface area contributed by atoms with Crippen molar-refractivity contribution in [1.29, 1.82) is 0 Å². The smallest absolute Gasteiger partial charge is 0.416 e. The average Bonchev–Trinajstić information content (AvgIpc) is 3.23. The molecule has 164 valence electrons. The standard InChI is InChI=1S/C23H20F3N5O/c24-23(25,26)15-4-3-5-16(12-15)28-22-30-20(14-8-10-27-11-9-14)29-21(31-22)18-13-32-19-7-2-1-6-17(18)19/h1-7,12-14,27H,8-11H2,(H,28,29,30,31). The van der Waals surface area contributed by atoms with E-state index in [0.29, 0.717) is 22.8 Å². The van der Waals surface area contributed by atoms with Crippen molar-refractivity contribution in [3.05, 3.63) is 66.2 Å². The third kappa shape index (κ3) is 4.16. The van der Waals surface area contributed by atoms with Gasteiger partial charge in [0.15, 0.2) is 5.82 Å². The number of rotatable bonds is 4. The van der Waals surface area contributed by atoms with E-state index in [4.69, 9.17) is 9.40 Å². The third-order valence-corrected chi connectivity index (χ3v) is 5.52. The largest absolute Gasteiger partial charge is 0.464 e. The lowest BCUT2D eigenvalue weighted by atomic mass is 9.97. The molecule has 0 atom stereocenters. The number of benzene rings is 2. The van der Waals surface area contributed by atoms with Crippen molar-refractivity contribution >= 4 is 22.6 Å². The number of aromatic nitrogens is 3. The first-order valence-corrected chi connectivity index (χ1v) is 10.3. The van der Waals surface area contributed by atoms with Crippen LogP contribution in [-0.2, 0) is 6.18 Å². The summed E-state index contributed by atoms with van der Waals surface area (Å²) in [7, 11) is 0. The molecule has 2 N–H and O–H groups in total. The minimum absolute atomic E-state index is 0.137. The van der Waals surface area contributed by atoms with Gasteiger partial charge in [-0.15, -0.1) is 0 Å². The fourth-order valence-corrected chi connectivity index (χ4v) is 3.88. The Kier molecular flexibility index (Phi) is 5.26. The number of hydrogen-bond acceptors (Lipinski definition) is 6. The van der Waals surface area contributed by atoms with Gasteiger partial charge in [-0.1, -0.05) is 24.3 Å². The van der Waals surface area contributed by atoms with Crippen molar-refractivity contribution < 1.29 is 17.6 Å². The molecule has 0 radical (unpaired) electrons. The maximum Gasteiger partial charge on any atom is 0.416 e. The van der Waals surface area contributed by atoms with Gasteiger partial charge in [0.1, 0.15) is 17.7 Å². The number of hydrogen-bond donors (Lipinski definition) is 2. The summed E-state index contributed by atoms with van der Waals surface area (Å²) < 4.78 is 45.0. The molecular formula is C23H20F3N5O. The summed E-state index contributed by atoms with van der Waals surface area (Å²) in [6, 6.07) is 12.5. The van der Waals surface area contributed by atoms with Gasteiger partial charge in [-0.25, -0.2) is 4.98 Å². The Hall–Kier alpha value is -3.46. The number of alkyl halides is 3. The summed E-state index contributed by atoms with van der Waals surface area (Å²) in [6.07, 6.45) is -1.09. The monoisotopic (exact) mass is 439 g/mol. The van der Waals surface area contributed by atoms with Crippen LogP contribution >= 0.6 is 0 Å². The summed E-state index contributed by atoms with van der Waals surface area (Å²) in [5, 5.41) is 7.12. The normalized spacial score (nSPS) is 15.2.